The van der Waals surface area contributed by atoms with Gasteiger partial charge in [-0.15, -0.1) is 0 Å². The van der Waals surface area contributed by atoms with E-state index in [0.29, 0.717) is 23.8 Å². The van der Waals surface area contributed by atoms with E-state index >= 15 is 0 Å². The molecule has 0 aliphatic rings. The summed E-state index contributed by atoms with van der Waals surface area (Å²) in [6.45, 7) is 4.35. The maximum atomic E-state index is 12.2. The average molecular weight is 393 g/mol. The van der Waals surface area contributed by atoms with Crippen LogP contribution >= 0.6 is 15.9 Å². The van der Waals surface area contributed by atoms with Gasteiger partial charge < -0.3 is 20.1 Å². The molecule has 2 aromatic carbocycles. The highest BCUT2D eigenvalue weighted by Gasteiger charge is 2.11. The molecule has 0 spiro atoms. The molecule has 0 radical (unpaired) electrons. The second-order valence-corrected chi connectivity index (χ2v) is 6.09. The second-order valence-electron chi connectivity index (χ2n) is 5.17. The summed E-state index contributed by atoms with van der Waals surface area (Å²) in [6, 6.07) is 12.7. The van der Waals surface area contributed by atoms with E-state index in [0.717, 1.165) is 10.0 Å². The van der Waals surface area contributed by atoms with Crippen molar-refractivity contribution >= 4 is 27.6 Å². The fourth-order valence-electron chi connectivity index (χ4n) is 2.25. The van der Waals surface area contributed by atoms with Crippen LogP contribution in [-0.4, -0.2) is 19.7 Å². The monoisotopic (exact) mass is 392 g/mol. The van der Waals surface area contributed by atoms with E-state index in [1.807, 2.05) is 38.1 Å². The Morgan fingerprint density at radius 3 is 2.67 bits per heavy atom. The van der Waals surface area contributed by atoms with Crippen molar-refractivity contribution in [1.29, 1.82) is 0 Å². The van der Waals surface area contributed by atoms with Gasteiger partial charge in [0, 0.05) is 16.2 Å². The van der Waals surface area contributed by atoms with E-state index in [-0.39, 0.29) is 12.1 Å². The summed E-state index contributed by atoms with van der Waals surface area (Å²) >= 11 is 3.43. The Kier molecular flexibility index (Phi) is 6.49. The molecule has 0 saturated heterocycles. The van der Waals surface area contributed by atoms with Crippen LogP contribution in [0.5, 0.6) is 11.5 Å². The summed E-state index contributed by atoms with van der Waals surface area (Å²) in [5, 5.41) is 5.72. The van der Waals surface area contributed by atoms with Crippen LogP contribution in [0.25, 0.3) is 0 Å². The third kappa shape index (κ3) is 4.89. The molecule has 1 atom stereocenters. The lowest BCUT2D eigenvalue weighted by Crippen LogP contribution is -2.31. The van der Waals surface area contributed by atoms with Gasteiger partial charge in [-0.1, -0.05) is 28.1 Å². The molecule has 2 N–H and O–H groups in total. The molecule has 24 heavy (non-hydrogen) atoms. The van der Waals surface area contributed by atoms with Gasteiger partial charge in [-0.05, 0) is 43.7 Å². The molecule has 0 aliphatic heterocycles. The first-order valence-electron chi connectivity index (χ1n) is 7.67. The van der Waals surface area contributed by atoms with Crippen molar-refractivity contribution in [3.05, 3.63) is 52.5 Å². The van der Waals surface area contributed by atoms with Crippen molar-refractivity contribution in [1.82, 2.24) is 5.32 Å². The molecule has 5 nitrogen and oxygen atoms in total. The average Bonchev–Trinajstić information content (AvgIpc) is 2.55. The minimum absolute atomic E-state index is 0.118. The maximum absolute atomic E-state index is 12.2. The van der Waals surface area contributed by atoms with Gasteiger partial charge in [-0.25, -0.2) is 4.79 Å². The fourth-order valence-corrected chi connectivity index (χ4v) is 2.66. The van der Waals surface area contributed by atoms with Crippen molar-refractivity contribution in [2.45, 2.75) is 19.9 Å². The van der Waals surface area contributed by atoms with E-state index in [4.69, 9.17) is 9.47 Å². The van der Waals surface area contributed by atoms with Crippen LogP contribution in [-0.2, 0) is 0 Å². The summed E-state index contributed by atoms with van der Waals surface area (Å²) in [4.78, 5) is 12.2. The topological polar surface area (TPSA) is 59.6 Å². The zero-order valence-electron chi connectivity index (χ0n) is 13.9. The maximum Gasteiger partial charge on any atom is 0.319 e. The number of methoxy groups -OCH3 is 1. The smallest absolute Gasteiger partial charge is 0.319 e. The standard InChI is InChI=1S/C18H21BrN2O3/c1-4-24-17-11-15(8-9-16(17)23-3)21-18(22)20-12(2)13-6-5-7-14(19)10-13/h5-12H,4H2,1-3H3,(H2,20,21,22). The molecule has 0 aromatic heterocycles. The number of halogens is 1. The van der Waals surface area contributed by atoms with Crippen LogP contribution in [0, 0.1) is 0 Å². The van der Waals surface area contributed by atoms with E-state index in [2.05, 4.69) is 26.6 Å². The number of amides is 2. The Labute approximate surface area is 150 Å². The molecule has 6 heteroatoms. The van der Waals surface area contributed by atoms with Crippen molar-refractivity contribution < 1.29 is 14.3 Å². The summed E-state index contributed by atoms with van der Waals surface area (Å²) < 4.78 is 11.7. The van der Waals surface area contributed by atoms with Gasteiger partial charge in [0.15, 0.2) is 11.5 Å². The largest absolute Gasteiger partial charge is 0.493 e. The highest BCUT2D eigenvalue weighted by Crippen LogP contribution is 2.30. The van der Waals surface area contributed by atoms with Crippen LogP contribution in [0.4, 0.5) is 10.5 Å². The Morgan fingerprint density at radius 2 is 2.00 bits per heavy atom. The van der Waals surface area contributed by atoms with Crippen molar-refractivity contribution in [2.75, 3.05) is 19.0 Å². The Hall–Kier alpha value is -2.21. The molecule has 0 bridgehead atoms. The van der Waals surface area contributed by atoms with Crippen LogP contribution in [0.1, 0.15) is 25.5 Å². The van der Waals surface area contributed by atoms with E-state index in [9.17, 15) is 4.79 Å². The molecule has 0 fully saturated rings. The fraction of sp³-hybridized carbons (Fsp3) is 0.278. The molecule has 1 unspecified atom stereocenters. The van der Waals surface area contributed by atoms with Crippen molar-refractivity contribution in [3.63, 3.8) is 0 Å². The molecule has 128 valence electrons. The Balaban J connectivity index is 2.02. The Bertz CT molecular complexity index is 706. The lowest BCUT2D eigenvalue weighted by atomic mass is 10.1. The summed E-state index contributed by atoms with van der Waals surface area (Å²) in [6.07, 6.45) is 0. The van der Waals surface area contributed by atoms with Crippen molar-refractivity contribution in [2.24, 2.45) is 0 Å². The van der Waals surface area contributed by atoms with Crippen LogP contribution in [0.2, 0.25) is 0 Å². The van der Waals surface area contributed by atoms with Crippen LogP contribution < -0.4 is 20.1 Å². The van der Waals surface area contributed by atoms with E-state index < -0.39 is 0 Å². The minimum atomic E-state index is -0.282. The van der Waals surface area contributed by atoms with Gasteiger partial charge in [0.05, 0.1) is 19.8 Å². The van der Waals surface area contributed by atoms with E-state index in [1.54, 1.807) is 25.3 Å². The van der Waals surface area contributed by atoms with Gasteiger partial charge in [-0.2, -0.15) is 0 Å². The quantitative estimate of drug-likeness (QED) is 0.746. The minimum Gasteiger partial charge on any atom is -0.493 e. The SMILES string of the molecule is CCOc1cc(NC(=O)NC(C)c2cccc(Br)c2)ccc1OC. The molecular weight excluding hydrogens is 372 g/mol. The summed E-state index contributed by atoms with van der Waals surface area (Å²) in [5.74, 6) is 1.23. The number of carbonyl (C=O) groups excluding carboxylic acids is 1. The van der Waals surface area contributed by atoms with E-state index in [1.165, 1.54) is 0 Å². The van der Waals surface area contributed by atoms with Gasteiger partial charge in [0.25, 0.3) is 0 Å². The molecule has 2 aromatic rings. The molecule has 2 rings (SSSR count). The van der Waals surface area contributed by atoms with Gasteiger partial charge in [0.2, 0.25) is 0 Å². The summed E-state index contributed by atoms with van der Waals surface area (Å²) in [5.41, 5.74) is 1.66. The first kappa shape index (κ1) is 18.1. The lowest BCUT2D eigenvalue weighted by molar-refractivity contribution is 0.249. The number of ether oxygens (including phenoxy) is 2. The molecule has 0 aliphatic carbocycles. The third-order valence-electron chi connectivity index (χ3n) is 3.42. The second kappa shape index (κ2) is 8.59. The molecular formula is C18H21BrN2O3. The predicted octanol–water partition coefficient (Wildman–Crippen LogP) is 4.74. The lowest BCUT2D eigenvalue weighted by Gasteiger charge is -2.16. The summed E-state index contributed by atoms with van der Waals surface area (Å²) in [7, 11) is 1.58. The molecule has 0 heterocycles. The Morgan fingerprint density at radius 1 is 1.21 bits per heavy atom. The normalized spacial score (nSPS) is 11.5. The number of hydrogen-bond acceptors (Lipinski definition) is 3. The van der Waals surface area contributed by atoms with Crippen molar-refractivity contribution in [3.8, 4) is 11.5 Å². The van der Waals surface area contributed by atoms with Gasteiger partial charge in [0.1, 0.15) is 0 Å². The number of benzene rings is 2. The highest BCUT2D eigenvalue weighted by atomic mass is 79.9. The first-order chi connectivity index (χ1) is 11.5. The number of anilines is 1. The first-order valence-corrected chi connectivity index (χ1v) is 8.46. The number of urea groups is 1. The van der Waals surface area contributed by atoms with Crippen LogP contribution in [0.15, 0.2) is 46.9 Å². The molecule has 2 amide bonds. The highest BCUT2D eigenvalue weighted by molar-refractivity contribution is 9.10. The number of nitrogens with one attached hydrogen (secondary N) is 2. The van der Waals surface area contributed by atoms with Crippen LogP contribution in [0.3, 0.4) is 0 Å². The number of rotatable bonds is 6. The third-order valence-corrected chi connectivity index (χ3v) is 3.91. The molecule has 0 saturated carbocycles. The zero-order chi connectivity index (χ0) is 17.5. The number of carbonyl (C=O) groups is 1. The van der Waals surface area contributed by atoms with Gasteiger partial charge in [-0.3, -0.25) is 0 Å². The van der Waals surface area contributed by atoms with Gasteiger partial charge >= 0.3 is 6.03 Å². The number of hydrogen-bond donors (Lipinski definition) is 2. The predicted molar refractivity (Wildman–Crippen MR) is 98.9 cm³/mol. The zero-order valence-corrected chi connectivity index (χ0v) is 15.5.